The topological polar surface area (TPSA) is 38.5 Å². The molecule has 1 aliphatic heterocycles. The van der Waals surface area contributed by atoms with Crippen molar-refractivity contribution in [1.82, 2.24) is 0 Å². The van der Waals surface area contributed by atoms with Crippen molar-refractivity contribution in [2.45, 2.75) is 39.2 Å². The smallest absolute Gasteiger partial charge is 0.123 e. The molecule has 3 nitrogen and oxygen atoms in total. The van der Waals surface area contributed by atoms with Crippen LogP contribution in [0.5, 0.6) is 5.75 Å². The minimum atomic E-state index is 0.597. The summed E-state index contributed by atoms with van der Waals surface area (Å²) in [6, 6.07) is 6.63. The summed E-state index contributed by atoms with van der Waals surface area (Å²) in [6.45, 7) is 6.07. The van der Waals surface area contributed by atoms with E-state index in [4.69, 9.17) is 10.5 Å². The third kappa shape index (κ3) is 2.84. The minimum Gasteiger partial charge on any atom is -0.494 e. The van der Waals surface area contributed by atoms with E-state index in [0.717, 1.165) is 18.0 Å². The molecular formula is C14H22N2O. The largest absolute Gasteiger partial charge is 0.494 e. The molecule has 2 N–H and O–H groups in total. The Morgan fingerprint density at radius 3 is 2.88 bits per heavy atom. The van der Waals surface area contributed by atoms with Crippen LogP contribution in [0.4, 0.5) is 11.4 Å². The Morgan fingerprint density at radius 2 is 2.18 bits per heavy atom. The maximum atomic E-state index is 5.94. The SMILES string of the molecule is CCOc1cc(N)cc(N2CCCCC2C)c1. The lowest BCUT2D eigenvalue weighted by Crippen LogP contribution is -2.37. The molecule has 1 aliphatic rings. The monoisotopic (exact) mass is 234 g/mol. The highest BCUT2D eigenvalue weighted by molar-refractivity contribution is 5.61. The maximum Gasteiger partial charge on any atom is 0.123 e. The van der Waals surface area contributed by atoms with Gasteiger partial charge in [0.25, 0.3) is 0 Å². The summed E-state index contributed by atoms with van der Waals surface area (Å²) < 4.78 is 5.55. The van der Waals surface area contributed by atoms with Gasteiger partial charge in [0.15, 0.2) is 0 Å². The second-order valence-corrected chi connectivity index (χ2v) is 4.73. The molecule has 0 aromatic heterocycles. The molecule has 17 heavy (non-hydrogen) atoms. The number of hydrogen-bond donors (Lipinski definition) is 1. The van der Waals surface area contributed by atoms with Crippen molar-refractivity contribution in [3.05, 3.63) is 18.2 Å². The Morgan fingerprint density at radius 1 is 1.35 bits per heavy atom. The van der Waals surface area contributed by atoms with Crippen molar-refractivity contribution in [3.63, 3.8) is 0 Å². The van der Waals surface area contributed by atoms with Crippen LogP contribution in [0.25, 0.3) is 0 Å². The van der Waals surface area contributed by atoms with Crippen molar-refractivity contribution >= 4 is 11.4 Å². The average Bonchev–Trinajstić information content (AvgIpc) is 2.29. The van der Waals surface area contributed by atoms with Gasteiger partial charge < -0.3 is 15.4 Å². The normalized spacial score (nSPS) is 20.4. The zero-order valence-electron chi connectivity index (χ0n) is 10.8. The van der Waals surface area contributed by atoms with E-state index in [1.807, 2.05) is 19.1 Å². The molecule has 1 atom stereocenters. The molecule has 2 rings (SSSR count). The Hall–Kier alpha value is -1.38. The lowest BCUT2D eigenvalue weighted by Gasteiger charge is -2.35. The van der Waals surface area contributed by atoms with Crippen molar-refractivity contribution in [3.8, 4) is 5.75 Å². The summed E-state index contributed by atoms with van der Waals surface area (Å²) >= 11 is 0. The fourth-order valence-electron chi connectivity index (χ4n) is 2.50. The van der Waals surface area contributed by atoms with Gasteiger partial charge in [-0.2, -0.15) is 0 Å². The molecule has 0 bridgehead atoms. The van der Waals surface area contributed by atoms with Crippen LogP contribution in [0.2, 0.25) is 0 Å². The fraction of sp³-hybridized carbons (Fsp3) is 0.571. The predicted octanol–water partition coefficient (Wildman–Crippen LogP) is 3.05. The quantitative estimate of drug-likeness (QED) is 0.817. The number of nitrogens with zero attached hydrogens (tertiary/aromatic N) is 1. The molecule has 94 valence electrons. The summed E-state index contributed by atoms with van der Waals surface area (Å²) in [5.41, 5.74) is 7.91. The number of hydrogen-bond acceptors (Lipinski definition) is 3. The van der Waals surface area contributed by atoms with Gasteiger partial charge in [0.1, 0.15) is 5.75 Å². The van der Waals surface area contributed by atoms with Gasteiger partial charge in [-0.05, 0) is 39.2 Å². The third-order valence-electron chi connectivity index (χ3n) is 3.36. The number of anilines is 2. The van der Waals surface area contributed by atoms with Gasteiger partial charge in [-0.3, -0.25) is 0 Å². The van der Waals surface area contributed by atoms with Crippen LogP contribution in [0.15, 0.2) is 18.2 Å². The van der Waals surface area contributed by atoms with E-state index in [1.165, 1.54) is 24.9 Å². The maximum absolute atomic E-state index is 5.94. The Balaban J connectivity index is 2.24. The Kier molecular flexibility index (Phi) is 3.77. The van der Waals surface area contributed by atoms with Crippen LogP contribution < -0.4 is 15.4 Å². The number of nitrogens with two attached hydrogens (primary N) is 1. The van der Waals surface area contributed by atoms with E-state index >= 15 is 0 Å². The molecule has 0 spiro atoms. The van der Waals surface area contributed by atoms with E-state index in [2.05, 4.69) is 17.9 Å². The molecule has 0 saturated carbocycles. The zero-order chi connectivity index (χ0) is 12.3. The molecule has 1 aromatic rings. The first kappa shape index (κ1) is 12.1. The van der Waals surface area contributed by atoms with Crippen LogP contribution in [0.1, 0.15) is 33.1 Å². The lowest BCUT2D eigenvalue weighted by atomic mass is 10.0. The van der Waals surface area contributed by atoms with Gasteiger partial charge in [0.2, 0.25) is 0 Å². The molecule has 0 aliphatic carbocycles. The molecule has 0 amide bonds. The first-order valence-electron chi connectivity index (χ1n) is 6.50. The highest BCUT2D eigenvalue weighted by atomic mass is 16.5. The van der Waals surface area contributed by atoms with Gasteiger partial charge >= 0.3 is 0 Å². The Labute approximate surface area is 104 Å². The second-order valence-electron chi connectivity index (χ2n) is 4.73. The highest BCUT2D eigenvalue weighted by Crippen LogP contribution is 2.30. The zero-order valence-corrected chi connectivity index (χ0v) is 10.8. The molecule has 1 heterocycles. The number of benzene rings is 1. The third-order valence-corrected chi connectivity index (χ3v) is 3.36. The fourth-order valence-corrected chi connectivity index (χ4v) is 2.50. The predicted molar refractivity (Wildman–Crippen MR) is 72.7 cm³/mol. The van der Waals surface area contributed by atoms with Crippen LogP contribution in [-0.2, 0) is 0 Å². The van der Waals surface area contributed by atoms with Gasteiger partial charge in [-0.15, -0.1) is 0 Å². The number of nitrogen functional groups attached to an aromatic ring is 1. The molecule has 1 aromatic carbocycles. The van der Waals surface area contributed by atoms with Gasteiger partial charge in [-0.1, -0.05) is 0 Å². The molecule has 3 heteroatoms. The van der Waals surface area contributed by atoms with Crippen LogP contribution in [0.3, 0.4) is 0 Å². The number of ether oxygens (including phenoxy) is 1. The standard InChI is InChI=1S/C14H22N2O/c1-3-17-14-9-12(15)8-13(10-14)16-7-5-4-6-11(16)2/h8-11H,3-7,15H2,1-2H3. The summed E-state index contributed by atoms with van der Waals surface area (Å²) in [5.74, 6) is 0.875. The number of piperidine rings is 1. The van der Waals surface area contributed by atoms with E-state index in [-0.39, 0.29) is 0 Å². The summed E-state index contributed by atoms with van der Waals surface area (Å²) in [6.07, 6.45) is 3.86. The second kappa shape index (κ2) is 5.30. The van der Waals surface area contributed by atoms with E-state index < -0.39 is 0 Å². The highest BCUT2D eigenvalue weighted by Gasteiger charge is 2.19. The summed E-state index contributed by atoms with van der Waals surface area (Å²) in [7, 11) is 0. The van der Waals surface area contributed by atoms with E-state index in [0.29, 0.717) is 12.6 Å². The van der Waals surface area contributed by atoms with Crippen LogP contribution in [-0.4, -0.2) is 19.2 Å². The molecule has 0 radical (unpaired) electrons. The van der Waals surface area contributed by atoms with Gasteiger partial charge in [0.05, 0.1) is 6.61 Å². The van der Waals surface area contributed by atoms with Crippen LogP contribution >= 0.6 is 0 Å². The number of rotatable bonds is 3. The van der Waals surface area contributed by atoms with Crippen LogP contribution in [0, 0.1) is 0 Å². The van der Waals surface area contributed by atoms with Crippen molar-refractivity contribution in [2.75, 3.05) is 23.8 Å². The van der Waals surface area contributed by atoms with Crippen molar-refractivity contribution in [1.29, 1.82) is 0 Å². The van der Waals surface area contributed by atoms with Gasteiger partial charge in [-0.25, -0.2) is 0 Å². The average molecular weight is 234 g/mol. The summed E-state index contributed by atoms with van der Waals surface area (Å²) in [4.78, 5) is 2.43. The van der Waals surface area contributed by atoms with E-state index in [9.17, 15) is 0 Å². The molecule has 1 unspecified atom stereocenters. The minimum absolute atomic E-state index is 0.597. The van der Waals surface area contributed by atoms with Crippen molar-refractivity contribution < 1.29 is 4.74 Å². The molecule has 1 fully saturated rings. The van der Waals surface area contributed by atoms with Gasteiger partial charge in [0, 0.05) is 36.1 Å². The lowest BCUT2D eigenvalue weighted by molar-refractivity contribution is 0.340. The van der Waals surface area contributed by atoms with Crippen molar-refractivity contribution in [2.24, 2.45) is 0 Å². The first-order valence-corrected chi connectivity index (χ1v) is 6.50. The molecular weight excluding hydrogens is 212 g/mol. The first-order chi connectivity index (χ1) is 8.20. The van der Waals surface area contributed by atoms with E-state index in [1.54, 1.807) is 0 Å². The summed E-state index contributed by atoms with van der Waals surface area (Å²) in [5, 5.41) is 0. The Bertz CT molecular complexity index is 378. The molecule has 1 saturated heterocycles.